The van der Waals surface area contributed by atoms with Gasteiger partial charge < -0.3 is 22.1 Å². The quantitative estimate of drug-likeness (QED) is 0.223. The van der Waals surface area contributed by atoms with Crippen molar-refractivity contribution in [1.82, 2.24) is 10.8 Å². The van der Waals surface area contributed by atoms with Crippen molar-refractivity contribution in [1.29, 1.82) is 0 Å². The summed E-state index contributed by atoms with van der Waals surface area (Å²) in [4.78, 5) is 35.1. The lowest BCUT2D eigenvalue weighted by molar-refractivity contribution is -0.130. The molecule has 0 aromatic heterocycles. The average molecular weight is 409 g/mol. The molecule has 30 heavy (non-hydrogen) atoms. The Balaban J connectivity index is 2.01. The number of carbonyl (C=O) groups excluding carboxylic acids is 3. The molecule has 0 heterocycles. The molecular formula is C21H23N5O4. The second-order valence-electron chi connectivity index (χ2n) is 6.42. The van der Waals surface area contributed by atoms with Gasteiger partial charge in [-0.05, 0) is 55.5 Å². The number of anilines is 1. The maximum absolute atomic E-state index is 12.2. The molecule has 156 valence electrons. The Kier molecular flexibility index (Phi) is 8.08. The van der Waals surface area contributed by atoms with Gasteiger partial charge in [-0.1, -0.05) is 11.8 Å². The minimum Gasteiger partial charge on any atom is -0.339 e. The summed E-state index contributed by atoms with van der Waals surface area (Å²) in [7, 11) is 0. The summed E-state index contributed by atoms with van der Waals surface area (Å²) in [5.41, 5.74) is 14.8. The summed E-state index contributed by atoms with van der Waals surface area (Å²) in [6, 6.07) is 11.8. The maximum atomic E-state index is 12.2. The molecule has 2 aromatic carbocycles. The molecule has 0 radical (unpaired) electrons. The molecule has 0 saturated carbocycles. The SMILES string of the molecule is C[C@@H](N)C(=O)Nc1ccc(C#Cc2ccc(C(=O)N[C@@H](CN)C(=O)NO)cc2)cc1. The van der Waals surface area contributed by atoms with E-state index < -0.39 is 23.9 Å². The van der Waals surface area contributed by atoms with Crippen LogP contribution in [0.2, 0.25) is 0 Å². The first-order valence-corrected chi connectivity index (χ1v) is 9.07. The molecule has 0 aliphatic heterocycles. The summed E-state index contributed by atoms with van der Waals surface area (Å²) in [6.07, 6.45) is 0. The number of amides is 3. The molecule has 0 bridgehead atoms. The van der Waals surface area contributed by atoms with Crippen molar-refractivity contribution in [3.8, 4) is 11.8 Å². The van der Waals surface area contributed by atoms with Crippen molar-refractivity contribution < 1.29 is 19.6 Å². The lowest BCUT2D eigenvalue weighted by Gasteiger charge is -2.14. The number of nitrogens with two attached hydrogens (primary N) is 2. The summed E-state index contributed by atoms with van der Waals surface area (Å²) in [5.74, 6) is 4.40. The zero-order valence-corrected chi connectivity index (χ0v) is 16.3. The summed E-state index contributed by atoms with van der Waals surface area (Å²) >= 11 is 0. The number of benzene rings is 2. The Bertz CT molecular complexity index is 960. The average Bonchev–Trinajstić information content (AvgIpc) is 2.76. The monoisotopic (exact) mass is 409 g/mol. The van der Waals surface area contributed by atoms with Gasteiger partial charge in [0.05, 0.1) is 6.04 Å². The van der Waals surface area contributed by atoms with Crippen molar-refractivity contribution >= 4 is 23.4 Å². The van der Waals surface area contributed by atoms with Crippen LogP contribution in [0.15, 0.2) is 48.5 Å². The first kappa shape index (κ1) is 22.6. The van der Waals surface area contributed by atoms with E-state index in [1.165, 1.54) is 5.48 Å². The molecule has 8 N–H and O–H groups in total. The Hall–Kier alpha value is -3.71. The predicted molar refractivity (Wildman–Crippen MR) is 111 cm³/mol. The van der Waals surface area contributed by atoms with E-state index in [-0.39, 0.29) is 12.5 Å². The number of carbonyl (C=O) groups is 3. The van der Waals surface area contributed by atoms with Crippen molar-refractivity contribution in [3.63, 3.8) is 0 Å². The largest absolute Gasteiger partial charge is 0.339 e. The third-order valence-electron chi connectivity index (χ3n) is 4.03. The van der Waals surface area contributed by atoms with Crippen LogP contribution >= 0.6 is 0 Å². The normalized spacial score (nSPS) is 12.0. The van der Waals surface area contributed by atoms with Crippen molar-refractivity contribution in [2.45, 2.75) is 19.0 Å². The Morgan fingerprint density at radius 3 is 1.97 bits per heavy atom. The van der Waals surface area contributed by atoms with Gasteiger partial charge in [0.15, 0.2) is 0 Å². The third-order valence-corrected chi connectivity index (χ3v) is 4.03. The van der Waals surface area contributed by atoms with Crippen LogP contribution in [0.1, 0.15) is 28.4 Å². The molecular weight excluding hydrogens is 386 g/mol. The van der Waals surface area contributed by atoms with Gasteiger partial charge in [-0.25, -0.2) is 5.48 Å². The fraction of sp³-hybridized carbons (Fsp3) is 0.190. The van der Waals surface area contributed by atoms with E-state index in [1.807, 2.05) is 0 Å². The lowest BCUT2D eigenvalue weighted by Crippen LogP contribution is -2.50. The van der Waals surface area contributed by atoms with E-state index >= 15 is 0 Å². The van der Waals surface area contributed by atoms with Crippen LogP contribution in [0.25, 0.3) is 0 Å². The second-order valence-corrected chi connectivity index (χ2v) is 6.42. The fourth-order valence-corrected chi connectivity index (χ4v) is 2.29. The molecule has 2 atom stereocenters. The number of nitrogens with one attached hydrogen (secondary N) is 3. The molecule has 3 amide bonds. The first-order valence-electron chi connectivity index (χ1n) is 9.07. The minimum atomic E-state index is -1.04. The van der Waals surface area contributed by atoms with Crippen LogP contribution in [-0.4, -0.2) is 41.6 Å². The molecule has 0 aliphatic rings. The Labute approximate surface area is 173 Å². The molecule has 2 rings (SSSR count). The number of rotatable bonds is 6. The predicted octanol–water partition coefficient (Wildman–Crippen LogP) is -0.0654. The summed E-state index contributed by atoms with van der Waals surface area (Å²) in [5, 5.41) is 13.8. The standard InChI is InChI=1S/C21H23N5O4/c1-13(23)19(27)24-17-10-6-15(7-11-17)3-2-14-4-8-16(9-5-14)20(28)25-18(12-22)21(29)26-30/h4-11,13,18,30H,12,22-23H2,1H3,(H,24,27)(H,25,28)(H,26,29)/t13-,18+/m1/s1. The van der Waals surface area contributed by atoms with Crippen LogP contribution < -0.4 is 27.6 Å². The van der Waals surface area contributed by atoms with E-state index in [4.69, 9.17) is 16.7 Å². The highest BCUT2D eigenvalue weighted by atomic mass is 16.5. The zero-order valence-electron chi connectivity index (χ0n) is 16.3. The van der Waals surface area contributed by atoms with Crippen LogP contribution in [0, 0.1) is 11.8 Å². The van der Waals surface area contributed by atoms with E-state index in [2.05, 4.69) is 22.5 Å². The van der Waals surface area contributed by atoms with Gasteiger partial charge >= 0.3 is 0 Å². The van der Waals surface area contributed by atoms with Crippen molar-refractivity contribution in [2.24, 2.45) is 11.5 Å². The highest BCUT2D eigenvalue weighted by molar-refractivity contribution is 5.97. The van der Waals surface area contributed by atoms with E-state index in [0.717, 1.165) is 5.56 Å². The van der Waals surface area contributed by atoms with Gasteiger partial charge in [0, 0.05) is 28.9 Å². The molecule has 2 aromatic rings. The van der Waals surface area contributed by atoms with Crippen LogP contribution in [0.4, 0.5) is 5.69 Å². The van der Waals surface area contributed by atoms with Gasteiger partial charge in [-0.3, -0.25) is 19.6 Å². The Morgan fingerprint density at radius 2 is 1.50 bits per heavy atom. The highest BCUT2D eigenvalue weighted by Gasteiger charge is 2.19. The summed E-state index contributed by atoms with van der Waals surface area (Å²) in [6.45, 7) is 1.45. The maximum Gasteiger partial charge on any atom is 0.267 e. The number of hydrogen-bond acceptors (Lipinski definition) is 6. The van der Waals surface area contributed by atoms with Crippen LogP contribution in [0.5, 0.6) is 0 Å². The molecule has 9 nitrogen and oxygen atoms in total. The molecule has 0 saturated heterocycles. The number of hydrogen-bond donors (Lipinski definition) is 6. The van der Waals surface area contributed by atoms with Crippen LogP contribution in [0.3, 0.4) is 0 Å². The van der Waals surface area contributed by atoms with E-state index in [1.54, 1.807) is 55.5 Å². The zero-order chi connectivity index (χ0) is 22.1. The first-order chi connectivity index (χ1) is 14.3. The van der Waals surface area contributed by atoms with Crippen LogP contribution in [-0.2, 0) is 9.59 Å². The summed E-state index contributed by atoms with van der Waals surface area (Å²) < 4.78 is 0. The molecule has 0 fully saturated rings. The minimum absolute atomic E-state index is 0.157. The molecule has 0 unspecified atom stereocenters. The molecule has 9 heteroatoms. The van der Waals surface area contributed by atoms with Gasteiger partial charge in [-0.15, -0.1) is 0 Å². The van der Waals surface area contributed by atoms with Crippen molar-refractivity contribution in [2.75, 3.05) is 11.9 Å². The highest BCUT2D eigenvalue weighted by Crippen LogP contribution is 2.10. The molecule has 0 spiro atoms. The van der Waals surface area contributed by atoms with Gasteiger partial charge in [0.1, 0.15) is 6.04 Å². The van der Waals surface area contributed by atoms with Crippen molar-refractivity contribution in [3.05, 3.63) is 65.2 Å². The van der Waals surface area contributed by atoms with Gasteiger partial charge in [0.25, 0.3) is 11.8 Å². The second kappa shape index (κ2) is 10.7. The smallest absolute Gasteiger partial charge is 0.267 e. The Morgan fingerprint density at radius 1 is 0.967 bits per heavy atom. The van der Waals surface area contributed by atoms with E-state index in [9.17, 15) is 14.4 Å². The van der Waals surface area contributed by atoms with Gasteiger partial charge in [0.2, 0.25) is 5.91 Å². The van der Waals surface area contributed by atoms with Gasteiger partial charge in [-0.2, -0.15) is 0 Å². The molecule has 0 aliphatic carbocycles. The number of hydroxylamine groups is 1. The topological polar surface area (TPSA) is 160 Å². The fourth-order valence-electron chi connectivity index (χ4n) is 2.29. The third kappa shape index (κ3) is 6.42. The van der Waals surface area contributed by atoms with E-state index in [0.29, 0.717) is 16.8 Å². The lowest BCUT2D eigenvalue weighted by atomic mass is 10.1.